The molecule has 1 aliphatic heterocycles. The molecule has 1 atom stereocenters. The van der Waals surface area contributed by atoms with Crippen LogP contribution in [0.25, 0.3) is 16.7 Å². The summed E-state index contributed by atoms with van der Waals surface area (Å²) in [5.74, 6) is 1.91. The lowest BCUT2D eigenvalue weighted by Crippen LogP contribution is -2.27. The van der Waals surface area contributed by atoms with Crippen LogP contribution in [-0.2, 0) is 0 Å². The van der Waals surface area contributed by atoms with Crippen LogP contribution in [0.2, 0.25) is 0 Å². The van der Waals surface area contributed by atoms with Crippen molar-refractivity contribution in [2.75, 3.05) is 19.5 Å². The first-order valence-electron chi connectivity index (χ1n) is 10.4. The Labute approximate surface area is 186 Å². The van der Waals surface area contributed by atoms with Crippen LogP contribution in [0.4, 0.5) is 5.95 Å². The normalized spacial score (nSPS) is 15.3. The second kappa shape index (κ2) is 7.89. The molecule has 6 nitrogen and oxygen atoms in total. The number of carbonyl (C=O) groups excluding carboxylic acids is 1. The molecule has 5 rings (SSSR count). The summed E-state index contributed by atoms with van der Waals surface area (Å²) in [6.45, 7) is 1.97. The molecule has 0 amide bonds. The van der Waals surface area contributed by atoms with Gasteiger partial charge in [-0.15, -0.1) is 0 Å². The van der Waals surface area contributed by atoms with Gasteiger partial charge in [-0.3, -0.25) is 9.36 Å². The van der Waals surface area contributed by atoms with E-state index >= 15 is 0 Å². The number of carbonyl (C=O) groups is 1. The Morgan fingerprint density at radius 1 is 0.938 bits per heavy atom. The molecule has 0 saturated carbocycles. The van der Waals surface area contributed by atoms with Crippen molar-refractivity contribution >= 4 is 28.5 Å². The maximum atomic E-state index is 13.8. The van der Waals surface area contributed by atoms with Crippen molar-refractivity contribution in [3.05, 3.63) is 89.5 Å². The van der Waals surface area contributed by atoms with Crippen molar-refractivity contribution in [2.45, 2.75) is 13.0 Å². The predicted molar refractivity (Wildman–Crippen MR) is 125 cm³/mol. The molecular weight excluding hydrogens is 402 g/mol. The van der Waals surface area contributed by atoms with Gasteiger partial charge in [0.1, 0.15) is 0 Å². The van der Waals surface area contributed by atoms with Crippen LogP contribution < -0.4 is 14.8 Å². The van der Waals surface area contributed by atoms with Crippen molar-refractivity contribution < 1.29 is 14.3 Å². The summed E-state index contributed by atoms with van der Waals surface area (Å²) in [6, 6.07) is 22.6. The van der Waals surface area contributed by atoms with Crippen LogP contribution in [0, 0.1) is 0 Å². The fraction of sp³-hybridized carbons (Fsp3) is 0.154. The Kier molecular flexibility index (Phi) is 4.90. The number of Topliss-reactive ketones (excluding diaryl/α,β-unsaturated/α-hetero) is 1. The number of aromatic nitrogens is 2. The van der Waals surface area contributed by atoms with Crippen molar-refractivity contribution in [3.8, 4) is 11.5 Å². The van der Waals surface area contributed by atoms with Gasteiger partial charge in [0, 0.05) is 16.8 Å². The molecule has 2 heterocycles. The number of imidazole rings is 1. The topological polar surface area (TPSA) is 65.4 Å². The number of para-hydroxylation sites is 2. The molecule has 0 aliphatic carbocycles. The summed E-state index contributed by atoms with van der Waals surface area (Å²) in [5.41, 5.74) is 4.87. The van der Waals surface area contributed by atoms with Gasteiger partial charge < -0.3 is 14.8 Å². The molecular formula is C26H23N3O3. The second-order valence-corrected chi connectivity index (χ2v) is 7.65. The summed E-state index contributed by atoms with van der Waals surface area (Å²) in [7, 11) is 3.21. The predicted octanol–water partition coefficient (Wildman–Crippen LogP) is 5.33. The zero-order chi connectivity index (χ0) is 22.2. The summed E-state index contributed by atoms with van der Waals surface area (Å²) in [4.78, 5) is 18.5. The summed E-state index contributed by atoms with van der Waals surface area (Å²) in [5, 5.41) is 3.50. The number of fused-ring (bicyclic) bond motifs is 3. The number of methoxy groups -OCH3 is 2. The van der Waals surface area contributed by atoms with Crippen molar-refractivity contribution in [1.29, 1.82) is 0 Å². The lowest BCUT2D eigenvalue weighted by molar-refractivity contribution is 0.102. The monoisotopic (exact) mass is 425 g/mol. The number of ketones is 1. The highest BCUT2D eigenvalue weighted by molar-refractivity contribution is 6.14. The highest BCUT2D eigenvalue weighted by Crippen LogP contribution is 2.41. The van der Waals surface area contributed by atoms with Gasteiger partial charge in [0.2, 0.25) is 5.95 Å². The van der Waals surface area contributed by atoms with E-state index in [2.05, 4.69) is 5.32 Å². The van der Waals surface area contributed by atoms with Gasteiger partial charge in [0.25, 0.3) is 0 Å². The van der Waals surface area contributed by atoms with E-state index in [1.165, 1.54) is 0 Å². The largest absolute Gasteiger partial charge is 0.493 e. The van der Waals surface area contributed by atoms with E-state index in [1.54, 1.807) is 14.2 Å². The zero-order valence-electron chi connectivity index (χ0n) is 18.1. The van der Waals surface area contributed by atoms with Gasteiger partial charge >= 0.3 is 0 Å². The number of ether oxygens (including phenoxy) is 2. The van der Waals surface area contributed by atoms with E-state index in [-0.39, 0.29) is 5.78 Å². The van der Waals surface area contributed by atoms with Crippen molar-refractivity contribution in [2.24, 2.45) is 0 Å². The summed E-state index contributed by atoms with van der Waals surface area (Å²) < 4.78 is 12.9. The highest BCUT2D eigenvalue weighted by atomic mass is 16.5. The maximum absolute atomic E-state index is 13.8. The van der Waals surface area contributed by atoms with E-state index in [0.29, 0.717) is 28.6 Å². The van der Waals surface area contributed by atoms with Crippen molar-refractivity contribution in [3.63, 3.8) is 0 Å². The molecule has 32 heavy (non-hydrogen) atoms. The number of hydrogen-bond donors (Lipinski definition) is 1. The number of nitrogens with one attached hydrogen (secondary N) is 1. The van der Waals surface area contributed by atoms with Gasteiger partial charge in [-0.25, -0.2) is 4.98 Å². The Hall–Kier alpha value is -4.06. The number of anilines is 1. The molecule has 0 spiro atoms. The SMILES string of the molecule is COc1ccc([C@H]2Nc3nc4ccccc4n3C(C)=C2C(=O)c2ccccc2)cc1OC. The Morgan fingerprint density at radius 3 is 2.41 bits per heavy atom. The lowest BCUT2D eigenvalue weighted by atomic mass is 9.89. The lowest BCUT2D eigenvalue weighted by Gasteiger charge is -2.30. The average molecular weight is 425 g/mol. The first-order chi connectivity index (χ1) is 15.6. The Morgan fingerprint density at radius 2 is 1.66 bits per heavy atom. The third kappa shape index (κ3) is 3.12. The standard InChI is InChI=1S/C26H23N3O3/c1-16-23(25(30)17-9-5-4-6-10-17)24(18-13-14-21(31-2)22(15-18)32-3)28-26-27-19-11-7-8-12-20(19)29(16)26/h4-15,24H,1-3H3,(H,27,28)/t24-/m1/s1. The highest BCUT2D eigenvalue weighted by Gasteiger charge is 2.33. The number of allylic oxidation sites excluding steroid dienone is 1. The van der Waals surface area contributed by atoms with E-state index in [9.17, 15) is 4.79 Å². The molecule has 6 heteroatoms. The molecule has 1 N–H and O–H groups in total. The molecule has 0 saturated heterocycles. The van der Waals surface area contributed by atoms with Crippen molar-refractivity contribution in [1.82, 2.24) is 9.55 Å². The first kappa shape index (κ1) is 19.9. The minimum atomic E-state index is -0.396. The summed E-state index contributed by atoms with van der Waals surface area (Å²) in [6.07, 6.45) is 0. The first-order valence-corrected chi connectivity index (χ1v) is 10.4. The molecule has 0 radical (unpaired) electrons. The third-order valence-corrected chi connectivity index (χ3v) is 5.87. The van der Waals surface area contributed by atoms with Crippen LogP contribution in [0.3, 0.4) is 0 Å². The molecule has 0 bridgehead atoms. The minimum Gasteiger partial charge on any atom is -0.493 e. The van der Waals surface area contributed by atoms with Gasteiger partial charge in [0.05, 0.1) is 31.3 Å². The molecule has 1 aromatic heterocycles. The fourth-order valence-electron chi connectivity index (χ4n) is 4.32. The number of nitrogens with zero attached hydrogens (tertiary/aromatic N) is 2. The van der Waals surface area contributed by atoms with Crippen LogP contribution >= 0.6 is 0 Å². The Bertz CT molecular complexity index is 1360. The molecule has 0 fully saturated rings. The van der Waals surface area contributed by atoms with Crippen LogP contribution in [0.1, 0.15) is 28.9 Å². The van der Waals surface area contributed by atoms with E-state index in [0.717, 1.165) is 22.3 Å². The van der Waals surface area contributed by atoms with E-state index in [1.807, 2.05) is 84.3 Å². The van der Waals surface area contributed by atoms with Crippen LogP contribution in [-0.4, -0.2) is 29.6 Å². The molecule has 1 aliphatic rings. The molecule has 0 unspecified atom stereocenters. The Balaban J connectivity index is 1.73. The van der Waals surface area contributed by atoms with E-state index < -0.39 is 6.04 Å². The molecule has 3 aromatic carbocycles. The summed E-state index contributed by atoms with van der Waals surface area (Å²) >= 11 is 0. The zero-order valence-corrected chi connectivity index (χ0v) is 18.1. The van der Waals surface area contributed by atoms with Gasteiger partial charge in [0.15, 0.2) is 17.3 Å². The smallest absolute Gasteiger partial charge is 0.209 e. The quantitative estimate of drug-likeness (QED) is 0.438. The number of benzene rings is 3. The van der Waals surface area contributed by atoms with Gasteiger partial charge in [-0.1, -0.05) is 48.5 Å². The number of hydrogen-bond acceptors (Lipinski definition) is 5. The second-order valence-electron chi connectivity index (χ2n) is 7.65. The average Bonchev–Trinajstić information content (AvgIpc) is 3.22. The minimum absolute atomic E-state index is 0.0289. The van der Waals surface area contributed by atoms with Crippen LogP contribution in [0.5, 0.6) is 11.5 Å². The van der Waals surface area contributed by atoms with Gasteiger partial charge in [-0.05, 0) is 36.8 Å². The van der Waals surface area contributed by atoms with Crippen LogP contribution in [0.15, 0.2) is 78.4 Å². The number of rotatable bonds is 5. The van der Waals surface area contributed by atoms with Gasteiger partial charge in [-0.2, -0.15) is 0 Å². The maximum Gasteiger partial charge on any atom is 0.209 e. The fourth-order valence-corrected chi connectivity index (χ4v) is 4.32. The molecule has 160 valence electrons. The van der Waals surface area contributed by atoms with E-state index in [4.69, 9.17) is 14.5 Å². The molecule has 4 aromatic rings. The third-order valence-electron chi connectivity index (χ3n) is 5.87.